The number of benzene rings is 1. The van der Waals surface area contributed by atoms with Gasteiger partial charge in [-0.2, -0.15) is 0 Å². The number of fused-ring (bicyclic) bond motifs is 1. The minimum Gasteiger partial charge on any atom is -0.405 e. The standard InChI is InChI=1S/C25H37N5O4/c1-15(2)16(3)25(34)30-13-19(32)11-23(30)24(33)29-22(14-31)17-4-5-20-18(10-17)12-27-8-9-28-21(20)6-7-26/h4-7,10,15-16,19,22-23,27,31-32H,8-9,11-14,26H2,1-3H3,(H,29,33)/b7-6-,28-21?. The molecule has 0 saturated carbocycles. The number of aliphatic hydroxyl groups excluding tert-OH is 2. The first-order valence-electron chi connectivity index (χ1n) is 11.9. The van der Waals surface area contributed by atoms with Crippen LogP contribution in [0.3, 0.4) is 0 Å². The van der Waals surface area contributed by atoms with Gasteiger partial charge in [0.1, 0.15) is 6.04 Å². The van der Waals surface area contributed by atoms with Crippen molar-refractivity contribution in [1.29, 1.82) is 0 Å². The summed E-state index contributed by atoms with van der Waals surface area (Å²) >= 11 is 0. The fourth-order valence-corrected chi connectivity index (χ4v) is 4.38. The van der Waals surface area contributed by atoms with Crippen LogP contribution >= 0.6 is 0 Å². The summed E-state index contributed by atoms with van der Waals surface area (Å²) < 4.78 is 0. The van der Waals surface area contributed by atoms with Crippen LogP contribution < -0.4 is 16.4 Å². The summed E-state index contributed by atoms with van der Waals surface area (Å²) in [6.45, 7) is 7.60. The van der Waals surface area contributed by atoms with E-state index in [1.54, 1.807) is 6.08 Å². The van der Waals surface area contributed by atoms with Crippen molar-refractivity contribution in [1.82, 2.24) is 15.5 Å². The molecule has 6 N–H and O–H groups in total. The number of β-amino-alcohol motifs (C(OH)–C–C–N with tert-alkyl or cyclic N) is 1. The molecular formula is C25H37N5O4. The Labute approximate surface area is 201 Å². The Kier molecular flexibility index (Phi) is 8.82. The summed E-state index contributed by atoms with van der Waals surface area (Å²) in [5, 5.41) is 26.5. The minimum absolute atomic E-state index is 0.124. The smallest absolute Gasteiger partial charge is 0.243 e. The fraction of sp³-hybridized carbons (Fsp3) is 0.560. The van der Waals surface area contributed by atoms with Gasteiger partial charge in [0.25, 0.3) is 0 Å². The molecule has 186 valence electrons. The summed E-state index contributed by atoms with van der Waals surface area (Å²) in [5.74, 6) is -0.648. The SMILES string of the molecule is CC(C)C(C)C(=O)N1CC(O)CC1C(=O)NC(CO)c1ccc2c(c1)CNCCN=C2/C=C\N. The zero-order valence-electron chi connectivity index (χ0n) is 20.2. The van der Waals surface area contributed by atoms with Crippen LogP contribution in [0.4, 0.5) is 0 Å². The van der Waals surface area contributed by atoms with Crippen molar-refractivity contribution in [3.63, 3.8) is 0 Å². The quantitative estimate of drug-likeness (QED) is 0.391. The Morgan fingerprint density at radius 1 is 1.35 bits per heavy atom. The van der Waals surface area contributed by atoms with E-state index in [1.165, 1.54) is 11.1 Å². The van der Waals surface area contributed by atoms with Crippen molar-refractivity contribution in [2.45, 2.75) is 51.9 Å². The number of carbonyl (C=O) groups is 2. The third-order valence-electron chi connectivity index (χ3n) is 6.70. The van der Waals surface area contributed by atoms with Crippen LogP contribution in [0.2, 0.25) is 0 Å². The second-order valence-corrected chi connectivity index (χ2v) is 9.39. The van der Waals surface area contributed by atoms with Crippen LogP contribution in [0.5, 0.6) is 0 Å². The number of rotatable bonds is 7. The molecule has 3 rings (SSSR count). The van der Waals surface area contributed by atoms with Gasteiger partial charge in [0.2, 0.25) is 11.8 Å². The summed E-state index contributed by atoms with van der Waals surface area (Å²) in [5.41, 5.74) is 9.07. The van der Waals surface area contributed by atoms with Gasteiger partial charge in [0.15, 0.2) is 0 Å². The maximum Gasteiger partial charge on any atom is 0.243 e. The first kappa shape index (κ1) is 25.9. The second kappa shape index (κ2) is 11.6. The summed E-state index contributed by atoms with van der Waals surface area (Å²) in [7, 11) is 0. The third kappa shape index (κ3) is 5.84. The van der Waals surface area contributed by atoms with Crippen molar-refractivity contribution in [3.8, 4) is 0 Å². The Bertz CT molecular complexity index is 945. The highest BCUT2D eigenvalue weighted by atomic mass is 16.3. The molecule has 2 heterocycles. The zero-order chi connectivity index (χ0) is 24.8. The van der Waals surface area contributed by atoms with E-state index in [-0.39, 0.29) is 43.2 Å². The highest BCUT2D eigenvalue weighted by Gasteiger charge is 2.41. The lowest BCUT2D eigenvalue weighted by molar-refractivity contribution is -0.142. The van der Waals surface area contributed by atoms with E-state index in [2.05, 4.69) is 15.6 Å². The molecule has 1 fully saturated rings. The first-order chi connectivity index (χ1) is 16.3. The largest absolute Gasteiger partial charge is 0.405 e. The van der Waals surface area contributed by atoms with Gasteiger partial charge >= 0.3 is 0 Å². The van der Waals surface area contributed by atoms with Crippen LogP contribution in [0, 0.1) is 11.8 Å². The van der Waals surface area contributed by atoms with Crippen LogP contribution in [0.15, 0.2) is 35.5 Å². The molecule has 2 amide bonds. The van der Waals surface area contributed by atoms with E-state index in [0.717, 1.165) is 28.9 Å². The predicted molar refractivity (Wildman–Crippen MR) is 131 cm³/mol. The van der Waals surface area contributed by atoms with Crippen molar-refractivity contribution >= 4 is 17.5 Å². The zero-order valence-corrected chi connectivity index (χ0v) is 20.2. The normalized spacial score (nSPS) is 22.6. The lowest BCUT2D eigenvalue weighted by Crippen LogP contribution is -2.49. The van der Waals surface area contributed by atoms with Crippen molar-refractivity contribution in [3.05, 3.63) is 47.2 Å². The number of aliphatic imine (C=N–C) groups is 1. The highest BCUT2D eigenvalue weighted by molar-refractivity contribution is 6.09. The number of hydrogen-bond acceptors (Lipinski definition) is 7. The van der Waals surface area contributed by atoms with E-state index < -0.39 is 18.2 Å². The third-order valence-corrected chi connectivity index (χ3v) is 6.70. The summed E-state index contributed by atoms with van der Waals surface area (Å²) in [6.07, 6.45) is 2.66. The van der Waals surface area contributed by atoms with Crippen molar-refractivity contribution in [2.24, 2.45) is 22.6 Å². The predicted octanol–water partition coefficient (Wildman–Crippen LogP) is 0.455. The molecule has 1 aromatic rings. The van der Waals surface area contributed by atoms with Crippen LogP contribution in [-0.2, 0) is 16.1 Å². The van der Waals surface area contributed by atoms with E-state index in [4.69, 9.17) is 5.73 Å². The molecular weight excluding hydrogens is 434 g/mol. The van der Waals surface area contributed by atoms with Crippen LogP contribution in [0.1, 0.15) is 49.9 Å². The van der Waals surface area contributed by atoms with E-state index in [0.29, 0.717) is 13.1 Å². The molecule has 2 aliphatic heterocycles. The number of aliphatic hydroxyl groups is 2. The number of nitrogens with two attached hydrogens (primary N) is 1. The maximum absolute atomic E-state index is 13.2. The molecule has 1 saturated heterocycles. The molecule has 9 heteroatoms. The van der Waals surface area contributed by atoms with Crippen LogP contribution in [-0.4, -0.2) is 71.0 Å². The lowest BCUT2D eigenvalue weighted by atomic mass is 9.95. The molecule has 0 spiro atoms. The van der Waals surface area contributed by atoms with Crippen LogP contribution in [0.25, 0.3) is 0 Å². The molecule has 9 nitrogen and oxygen atoms in total. The minimum atomic E-state index is -0.766. The Morgan fingerprint density at radius 2 is 2.12 bits per heavy atom. The van der Waals surface area contributed by atoms with Gasteiger partial charge in [-0.3, -0.25) is 14.6 Å². The molecule has 4 atom stereocenters. The molecule has 34 heavy (non-hydrogen) atoms. The Hall–Kier alpha value is -2.75. The van der Waals surface area contributed by atoms with Gasteiger partial charge < -0.3 is 31.5 Å². The topological polar surface area (TPSA) is 140 Å². The number of allylic oxidation sites excluding steroid dienone is 1. The van der Waals surface area contributed by atoms with Gasteiger partial charge in [-0.25, -0.2) is 0 Å². The van der Waals surface area contributed by atoms with Gasteiger partial charge in [0, 0.05) is 37.5 Å². The number of nitrogens with zero attached hydrogens (tertiary/aromatic N) is 2. The molecule has 0 radical (unpaired) electrons. The van der Waals surface area contributed by atoms with Gasteiger partial charge in [-0.1, -0.05) is 39.0 Å². The van der Waals surface area contributed by atoms with E-state index >= 15 is 0 Å². The molecule has 0 bridgehead atoms. The average molecular weight is 472 g/mol. The van der Waals surface area contributed by atoms with Gasteiger partial charge in [-0.15, -0.1) is 0 Å². The maximum atomic E-state index is 13.2. The lowest BCUT2D eigenvalue weighted by Gasteiger charge is -2.29. The average Bonchev–Trinajstić information content (AvgIpc) is 3.20. The van der Waals surface area contributed by atoms with Crippen molar-refractivity contribution in [2.75, 3.05) is 26.2 Å². The van der Waals surface area contributed by atoms with E-state index in [9.17, 15) is 19.8 Å². The summed E-state index contributed by atoms with van der Waals surface area (Å²) in [6, 6.07) is 4.31. The van der Waals surface area contributed by atoms with Gasteiger partial charge in [-0.05, 0) is 29.3 Å². The molecule has 4 unspecified atom stereocenters. The summed E-state index contributed by atoms with van der Waals surface area (Å²) in [4.78, 5) is 32.2. The molecule has 0 aromatic heterocycles. The van der Waals surface area contributed by atoms with Crippen molar-refractivity contribution < 1.29 is 19.8 Å². The number of likely N-dealkylation sites (tertiary alicyclic amines) is 1. The Morgan fingerprint density at radius 3 is 2.79 bits per heavy atom. The molecule has 2 aliphatic rings. The number of hydrogen-bond donors (Lipinski definition) is 5. The number of nitrogens with one attached hydrogen (secondary N) is 2. The molecule has 1 aromatic carbocycles. The molecule has 0 aliphatic carbocycles. The Balaban J connectivity index is 1.81. The number of carbonyl (C=O) groups excluding carboxylic acids is 2. The highest BCUT2D eigenvalue weighted by Crippen LogP contribution is 2.25. The second-order valence-electron chi connectivity index (χ2n) is 9.39. The first-order valence-corrected chi connectivity index (χ1v) is 11.9. The van der Waals surface area contributed by atoms with E-state index in [1.807, 2.05) is 39.0 Å². The fourth-order valence-electron chi connectivity index (χ4n) is 4.38. The van der Waals surface area contributed by atoms with Gasteiger partial charge in [0.05, 0.1) is 31.0 Å². The number of amides is 2. The monoisotopic (exact) mass is 471 g/mol.